The zero-order valence-electron chi connectivity index (χ0n) is 4.83. The topological polar surface area (TPSA) is 46.5 Å². The first-order chi connectivity index (χ1) is 4.18. The zero-order valence-corrected chi connectivity index (χ0v) is 5.73. The van der Waals surface area contributed by atoms with E-state index in [1.165, 1.54) is 0 Å². The normalized spacial score (nSPS) is 9.00. The molecule has 0 aliphatic carbocycles. The second kappa shape index (κ2) is 4.40. The monoisotopic (exact) mass is 148 g/mol. The highest BCUT2D eigenvalue weighted by atomic mass is 32.1. The number of carboxylic acids is 1. The van der Waals surface area contributed by atoms with E-state index >= 15 is 0 Å². The van der Waals surface area contributed by atoms with E-state index in [-0.39, 0.29) is 18.1 Å². The van der Waals surface area contributed by atoms with Crippen molar-refractivity contribution >= 4 is 18.6 Å². The first-order valence-corrected chi connectivity index (χ1v) is 2.91. The highest BCUT2D eigenvalue weighted by Gasteiger charge is 2.01. The smallest absolute Gasteiger partial charge is 0.333 e. The maximum atomic E-state index is 10.0. The molecule has 0 unspecified atom stereocenters. The van der Waals surface area contributed by atoms with Gasteiger partial charge in [0.15, 0.2) is 0 Å². The summed E-state index contributed by atoms with van der Waals surface area (Å²) in [5.41, 5.74) is 0.0454. The highest BCUT2D eigenvalue weighted by molar-refractivity contribution is 7.80. The Morgan fingerprint density at radius 2 is 2.33 bits per heavy atom. The van der Waals surface area contributed by atoms with E-state index in [0.717, 1.165) is 0 Å². The lowest BCUT2D eigenvalue weighted by Crippen LogP contribution is -2.05. The van der Waals surface area contributed by atoms with Crippen LogP contribution in [0, 0.1) is 0 Å². The fraction of sp³-hybridized carbons (Fsp3) is 0.400. The Morgan fingerprint density at radius 3 is 2.67 bits per heavy atom. The number of carbonyl (C=O) groups is 1. The SMILES string of the molecule is C=C(COCS)C(=O)O. The molecule has 0 aromatic carbocycles. The molecule has 4 heteroatoms. The number of hydrogen-bond acceptors (Lipinski definition) is 3. The van der Waals surface area contributed by atoms with Crippen LogP contribution in [0.25, 0.3) is 0 Å². The van der Waals surface area contributed by atoms with Gasteiger partial charge in [0.25, 0.3) is 0 Å². The van der Waals surface area contributed by atoms with Crippen LogP contribution in [-0.4, -0.2) is 23.6 Å². The van der Waals surface area contributed by atoms with Crippen molar-refractivity contribution in [3.63, 3.8) is 0 Å². The van der Waals surface area contributed by atoms with Gasteiger partial charge in [-0.2, -0.15) is 12.6 Å². The third-order valence-corrected chi connectivity index (χ3v) is 0.853. The molecule has 0 atom stereocenters. The van der Waals surface area contributed by atoms with E-state index in [2.05, 4.69) is 23.9 Å². The quantitative estimate of drug-likeness (QED) is 0.347. The summed E-state index contributed by atoms with van der Waals surface area (Å²) < 4.78 is 4.64. The van der Waals surface area contributed by atoms with Crippen molar-refractivity contribution < 1.29 is 14.6 Å². The molecule has 52 valence electrons. The van der Waals surface area contributed by atoms with Crippen LogP contribution in [0.1, 0.15) is 0 Å². The molecule has 9 heavy (non-hydrogen) atoms. The Labute approximate surface area is 58.7 Å². The molecule has 0 aromatic rings. The van der Waals surface area contributed by atoms with Crippen LogP contribution >= 0.6 is 12.6 Å². The Kier molecular flexibility index (Phi) is 4.17. The molecule has 0 bridgehead atoms. The Bertz CT molecular complexity index is 121. The van der Waals surface area contributed by atoms with Crippen LogP contribution in [0.4, 0.5) is 0 Å². The third kappa shape index (κ3) is 4.05. The number of ether oxygens (including phenoxy) is 1. The molecule has 0 aromatic heterocycles. The van der Waals surface area contributed by atoms with Crippen LogP contribution in [0.15, 0.2) is 12.2 Å². The molecule has 0 saturated heterocycles. The Balaban J connectivity index is 3.39. The van der Waals surface area contributed by atoms with Crippen LogP contribution in [-0.2, 0) is 9.53 Å². The van der Waals surface area contributed by atoms with Crippen molar-refractivity contribution in [1.29, 1.82) is 0 Å². The summed E-state index contributed by atoms with van der Waals surface area (Å²) in [6.07, 6.45) is 0. The van der Waals surface area contributed by atoms with Gasteiger partial charge >= 0.3 is 5.97 Å². The number of thiol groups is 1. The van der Waals surface area contributed by atoms with E-state index in [4.69, 9.17) is 5.11 Å². The van der Waals surface area contributed by atoms with Crippen molar-refractivity contribution in [2.24, 2.45) is 0 Å². The average Bonchev–Trinajstić information content (AvgIpc) is 1.82. The molecule has 0 radical (unpaired) electrons. The average molecular weight is 148 g/mol. The molecular formula is C5H8O3S. The number of rotatable bonds is 4. The fourth-order valence-corrected chi connectivity index (χ4v) is 0.322. The molecule has 0 aliphatic heterocycles. The minimum atomic E-state index is -1.03. The van der Waals surface area contributed by atoms with E-state index in [0.29, 0.717) is 0 Å². The predicted octanol–water partition coefficient (Wildman–Crippen LogP) is 0.531. The molecular weight excluding hydrogens is 140 g/mol. The van der Waals surface area contributed by atoms with Gasteiger partial charge < -0.3 is 9.84 Å². The van der Waals surface area contributed by atoms with Gasteiger partial charge in [0.05, 0.1) is 18.1 Å². The summed E-state index contributed by atoms with van der Waals surface area (Å²) in [6.45, 7) is 3.27. The van der Waals surface area contributed by atoms with E-state index in [9.17, 15) is 4.79 Å². The third-order valence-electron chi connectivity index (χ3n) is 0.670. The number of hydrogen-bond donors (Lipinski definition) is 2. The number of aliphatic carboxylic acids is 1. The van der Waals surface area contributed by atoms with Crippen LogP contribution in [0.3, 0.4) is 0 Å². The van der Waals surface area contributed by atoms with Gasteiger partial charge in [0, 0.05) is 0 Å². The van der Waals surface area contributed by atoms with Gasteiger partial charge in [-0.15, -0.1) is 0 Å². The molecule has 1 N–H and O–H groups in total. The highest BCUT2D eigenvalue weighted by Crippen LogP contribution is 1.91. The molecule has 0 rings (SSSR count). The van der Waals surface area contributed by atoms with Gasteiger partial charge in [-0.05, 0) is 0 Å². The summed E-state index contributed by atoms with van der Waals surface area (Å²) in [4.78, 5) is 10.0. The largest absolute Gasteiger partial charge is 0.478 e. The van der Waals surface area contributed by atoms with Crippen LogP contribution < -0.4 is 0 Å². The minimum absolute atomic E-state index is 0.0405. The maximum absolute atomic E-state index is 10.0. The van der Waals surface area contributed by atoms with Gasteiger partial charge in [0.2, 0.25) is 0 Å². The Morgan fingerprint density at radius 1 is 1.78 bits per heavy atom. The van der Waals surface area contributed by atoms with Crippen molar-refractivity contribution in [3.8, 4) is 0 Å². The molecule has 0 fully saturated rings. The predicted molar refractivity (Wildman–Crippen MR) is 36.6 cm³/mol. The lowest BCUT2D eigenvalue weighted by atomic mass is 10.3. The number of carboxylic acid groups (broad SMARTS) is 1. The summed E-state index contributed by atoms with van der Waals surface area (Å²) in [7, 11) is 0. The summed E-state index contributed by atoms with van der Waals surface area (Å²) in [5, 5.41) is 8.20. The van der Waals surface area contributed by atoms with Crippen molar-refractivity contribution in [2.45, 2.75) is 0 Å². The first kappa shape index (κ1) is 8.52. The lowest BCUT2D eigenvalue weighted by Gasteiger charge is -1.97. The van der Waals surface area contributed by atoms with Gasteiger partial charge in [-0.3, -0.25) is 0 Å². The summed E-state index contributed by atoms with van der Waals surface area (Å²) in [6, 6.07) is 0. The van der Waals surface area contributed by atoms with E-state index in [1.807, 2.05) is 0 Å². The summed E-state index contributed by atoms with van der Waals surface area (Å²) in [5.74, 6) is -0.816. The molecule has 0 saturated carbocycles. The first-order valence-electron chi connectivity index (χ1n) is 2.28. The van der Waals surface area contributed by atoms with Crippen molar-refractivity contribution in [3.05, 3.63) is 12.2 Å². The second-order valence-electron chi connectivity index (χ2n) is 1.39. The van der Waals surface area contributed by atoms with Gasteiger partial charge in [-0.1, -0.05) is 6.58 Å². The summed E-state index contributed by atoms with van der Waals surface area (Å²) >= 11 is 3.71. The molecule has 0 heterocycles. The molecule has 0 amide bonds. The van der Waals surface area contributed by atoms with Crippen molar-refractivity contribution in [2.75, 3.05) is 12.5 Å². The molecule has 0 spiro atoms. The van der Waals surface area contributed by atoms with Crippen molar-refractivity contribution in [1.82, 2.24) is 0 Å². The van der Waals surface area contributed by atoms with Crippen LogP contribution in [0.5, 0.6) is 0 Å². The fourth-order valence-electron chi connectivity index (χ4n) is 0.231. The van der Waals surface area contributed by atoms with E-state index in [1.54, 1.807) is 0 Å². The lowest BCUT2D eigenvalue weighted by molar-refractivity contribution is -0.133. The zero-order chi connectivity index (χ0) is 7.28. The van der Waals surface area contributed by atoms with Gasteiger partial charge in [0.1, 0.15) is 0 Å². The van der Waals surface area contributed by atoms with E-state index < -0.39 is 5.97 Å². The second-order valence-corrected chi connectivity index (χ2v) is 1.64. The maximum Gasteiger partial charge on any atom is 0.333 e. The Hall–Kier alpha value is -0.480. The standard InChI is InChI=1S/C5H8O3S/c1-4(5(6)7)2-8-3-9/h9H,1-3H2,(H,6,7). The molecule has 3 nitrogen and oxygen atoms in total. The minimum Gasteiger partial charge on any atom is -0.478 e. The van der Waals surface area contributed by atoms with Crippen LogP contribution in [0.2, 0.25) is 0 Å². The molecule has 0 aliphatic rings. The van der Waals surface area contributed by atoms with Gasteiger partial charge in [-0.25, -0.2) is 4.79 Å².